The van der Waals surface area contributed by atoms with Crippen molar-refractivity contribution in [2.45, 2.75) is 6.42 Å². The summed E-state index contributed by atoms with van der Waals surface area (Å²) in [6.07, 6.45) is 0.255. The van der Waals surface area contributed by atoms with Crippen molar-refractivity contribution in [2.24, 2.45) is 4.99 Å². The molecule has 0 spiro atoms. The summed E-state index contributed by atoms with van der Waals surface area (Å²) in [7, 11) is 1.57. The van der Waals surface area contributed by atoms with E-state index in [1.54, 1.807) is 37.4 Å². The predicted molar refractivity (Wildman–Crippen MR) is 80.7 cm³/mol. The maximum Gasteiger partial charge on any atom is 0.277 e. The van der Waals surface area contributed by atoms with Crippen LogP contribution >= 0.6 is 0 Å². The molecule has 3 rings (SSSR count). The number of hydrogen-bond donors (Lipinski definition) is 0. The number of carbonyl (C=O) groups is 1. The Morgan fingerprint density at radius 3 is 2.55 bits per heavy atom. The highest BCUT2D eigenvalue weighted by atomic mass is 16.6. The molecule has 0 aromatic heterocycles. The normalized spacial score (nSPS) is 13.3. The molecule has 0 atom stereocenters. The number of fused-ring (bicyclic) bond motifs is 1. The van der Waals surface area contributed by atoms with Crippen LogP contribution in [-0.2, 0) is 6.42 Å². The molecule has 22 heavy (non-hydrogen) atoms. The third-order valence-electron chi connectivity index (χ3n) is 3.58. The van der Waals surface area contributed by atoms with Crippen LogP contribution < -0.4 is 4.74 Å². The molecule has 1 amide bonds. The topological polar surface area (TPSA) is 81.8 Å². The standard InChI is InChI=1S/C16H12N2O4/c1-22-11-7-5-10(6-8-11)14-9-13-12(16(19)17-14)3-2-4-15(13)18(20)21/h2-8H,9H2,1H3. The molecule has 0 saturated heterocycles. The highest BCUT2D eigenvalue weighted by Gasteiger charge is 2.27. The molecule has 6 nitrogen and oxygen atoms in total. The quantitative estimate of drug-likeness (QED) is 0.644. The van der Waals surface area contributed by atoms with Gasteiger partial charge in [0.05, 0.1) is 23.3 Å². The van der Waals surface area contributed by atoms with E-state index in [-0.39, 0.29) is 12.1 Å². The molecule has 0 radical (unpaired) electrons. The number of rotatable bonds is 3. The second kappa shape index (κ2) is 5.40. The van der Waals surface area contributed by atoms with Gasteiger partial charge in [-0.25, -0.2) is 4.99 Å². The second-order valence-electron chi connectivity index (χ2n) is 4.83. The van der Waals surface area contributed by atoms with Crippen molar-refractivity contribution in [3.8, 4) is 5.75 Å². The van der Waals surface area contributed by atoms with E-state index < -0.39 is 10.8 Å². The highest BCUT2D eigenvalue weighted by Crippen LogP contribution is 2.28. The summed E-state index contributed by atoms with van der Waals surface area (Å²) in [6.45, 7) is 0. The first-order valence-electron chi connectivity index (χ1n) is 6.62. The van der Waals surface area contributed by atoms with Crippen LogP contribution in [0.2, 0.25) is 0 Å². The molecular formula is C16H12N2O4. The number of amides is 1. The molecule has 2 aromatic carbocycles. The molecule has 0 bridgehead atoms. The van der Waals surface area contributed by atoms with Gasteiger partial charge in [-0.05, 0) is 35.9 Å². The lowest BCUT2D eigenvalue weighted by atomic mass is 9.93. The van der Waals surface area contributed by atoms with E-state index in [0.717, 1.165) is 5.56 Å². The van der Waals surface area contributed by atoms with Gasteiger partial charge in [-0.15, -0.1) is 0 Å². The van der Waals surface area contributed by atoms with Crippen molar-refractivity contribution < 1.29 is 14.5 Å². The summed E-state index contributed by atoms with van der Waals surface area (Å²) in [5.74, 6) is 0.244. The van der Waals surface area contributed by atoms with Crippen molar-refractivity contribution >= 4 is 17.3 Å². The van der Waals surface area contributed by atoms with Gasteiger partial charge in [-0.1, -0.05) is 6.07 Å². The lowest BCUT2D eigenvalue weighted by Crippen LogP contribution is -2.18. The fourth-order valence-corrected chi connectivity index (χ4v) is 2.47. The molecule has 0 fully saturated rings. The smallest absolute Gasteiger partial charge is 0.277 e. The van der Waals surface area contributed by atoms with E-state index in [9.17, 15) is 14.9 Å². The minimum Gasteiger partial charge on any atom is -0.497 e. The molecular weight excluding hydrogens is 284 g/mol. The second-order valence-corrected chi connectivity index (χ2v) is 4.83. The number of methoxy groups -OCH3 is 1. The van der Waals surface area contributed by atoms with E-state index in [1.165, 1.54) is 12.1 Å². The lowest BCUT2D eigenvalue weighted by Gasteiger charge is -2.15. The van der Waals surface area contributed by atoms with Crippen LogP contribution in [0, 0.1) is 10.1 Å². The van der Waals surface area contributed by atoms with E-state index in [4.69, 9.17) is 4.74 Å². The summed E-state index contributed by atoms with van der Waals surface area (Å²) in [5, 5.41) is 11.1. The van der Waals surface area contributed by atoms with Gasteiger partial charge < -0.3 is 4.74 Å². The third-order valence-corrected chi connectivity index (χ3v) is 3.58. The highest BCUT2D eigenvalue weighted by molar-refractivity contribution is 6.15. The van der Waals surface area contributed by atoms with Crippen molar-refractivity contribution in [2.75, 3.05) is 7.11 Å². The Hall–Kier alpha value is -3.02. The molecule has 2 aromatic rings. The SMILES string of the molecule is COc1ccc(C2=NC(=O)c3cccc([N+](=O)[O-])c3C2)cc1. The molecule has 0 N–H and O–H groups in total. The van der Waals surface area contributed by atoms with E-state index in [2.05, 4.69) is 4.99 Å². The largest absolute Gasteiger partial charge is 0.497 e. The Morgan fingerprint density at radius 1 is 1.18 bits per heavy atom. The summed E-state index contributed by atoms with van der Waals surface area (Å²) in [5.41, 5.74) is 1.93. The molecule has 1 aliphatic heterocycles. The third kappa shape index (κ3) is 2.35. The predicted octanol–water partition coefficient (Wildman–Crippen LogP) is 2.79. The number of nitrogens with zero attached hydrogens (tertiary/aromatic N) is 2. The average molecular weight is 296 g/mol. The van der Waals surface area contributed by atoms with Crippen LogP contribution in [0.4, 0.5) is 5.69 Å². The number of nitro groups is 1. The Balaban J connectivity index is 2.04. The summed E-state index contributed by atoms with van der Waals surface area (Å²) in [6, 6.07) is 11.6. The first-order chi connectivity index (χ1) is 10.6. The number of carbonyl (C=O) groups excluding carboxylic acids is 1. The number of ether oxygens (including phenoxy) is 1. The average Bonchev–Trinajstić information content (AvgIpc) is 2.54. The fraction of sp³-hybridized carbons (Fsp3) is 0.125. The summed E-state index contributed by atoms with van der Waals surface area (Å²) in [4.78, 5) is 26.9. The minimum absolute atomic E-state index is 0.0493. The number of hydrogen-bond acceptors (Lipinski definition) is 4. The van der Waals surface area contributed by atoms with Gasteiger partial charge >= 0.3 is 0 Å². The fourth-order valence-electron chi connectivity index (χ4n) is 2.47. The molecule has 1 aliphatic rings. The van der Waals surface area contributed by atoms with Gasteiger partial charge in [0.25, 0.3) is 11.6 Å². The van der Waals surface area contributed by atoms with Crippen molar-refractivity contribution in [3.63, 3.8) is 0 Å². The van der Waals surface area contributed by atoms with Crippen LogP contribution in [0.3, 0.4) is 0 Å². The molecule has 1 heterocycles. The zero-order chi connectivity index (χ0) is 15.7. The van der Waals surface area contributed by atoms with Gasteiger partial charge in [0, 0.05) is 18.1 Å². The maximum atomic E-state index is 12.1. The molecule has 110 valence electrons. The zero-order valence-electron chi connectivity index (χ0n) is 11.8. The Morgan fingerprint density at radius 2 is 1.91 bits per heavy atom. The number of aliphatic imine (C=N–C) groups is 1. The summed E-state index contributed by atoms with van der Waals surface area (Å²) < 4.78 is 5.09. The van der Waals surface area contributed by atoms with Crippen molar-refractivity contribution in [1.82, 2.24) is 0 Å². The number of benzene rings is 2. The Labute approximate surface area is 126 Å². The van der Waals surface area contributed by atoms with Crippen LogP contribution in [0.1, 0.15) is 21.5 Å². The van der Waals surface area contributed by atoms with Gasteiger partial charge in [0.15, 0.2) is 0 Å². The number of nitro benzene ring substituents is 1. The monoisotopic (exact) mass is 296 g/mol. The van der Waals surface area contributed by atoms with Crippen LogP contribution in [0.5, 0.6) is 5.75 Å². The minimum atomic E-state index is -0.469. The Bertz CT molecular complexity index is 794. The zero-order valence-corrected chi connectivity index (χ0v) is 11.8. The van der Waals surface area contributed by atoms with Gasteiger partial charge in [-0.2, -0.15) is 0 Å². The maximum absolute atomic E-state index is 12.1. The van der Waals surface area contributed by atoms with Gasteiger partial charge in [-0.3, -0.25) is 14.9 Å². The summed E-state index contributed by atoms with van der Waals surface area (Å²) >= 11 is 0. The first kappa shape index (κ1) is 13.9. The van der Waals surface area contributed by atoms with Gasteiger partial charge in [0.1, 0.15) is 5.75 Å². The molecule has 0 unspecified atom stereocenters. The van der Waals surface area contributed by atoms with Crippen molar-refractivity contribution in [1.29, 1.82) is 0 Å². The van der Waals surface area contributed by atoms with Crippen LogP contribution in [0.15, 0.2) is 47.5 Å². The van der Waals surface area contributed by atoms with Crippen LogP contribution in [0.25, 0.3) is 0 Å². The van der Waals surface area contributed by atoms with E-state index >= 15 is 0 Å². The molecule has 6 heteroatoms. The Kier molecular flexibility index (Phi) is 3.42. The van der Waals surface area contributed by atoms with Gasteiger partial charge in [0.2, 0.25) is 0 Å². The molecule has 0 saturated carbocycles. The van der Waals surface area contributed by atoms with Crippen LogP contribution in [-0.4, -0.2) is 23.7 Å². The molecule has 0 aliphatic carbocycles. The van der Waals surface area contributed by atoms with E-state index in [0.29, 0.717) is 22.6 Å². The van der Waals surface area contributed by atoms with E-state index in [1.807, 2.05) is 0 Å². The first-order valence-corrected chi connectivity index (χ1v) is 6.62. The van der Waals surface area contributed by atoms with Crippen molar-refractivity contribution in [3.05, 3.63) is 69.3 Å². The lowest BCUT2D eigenvalue weighted by molar-refractivity contribution is -0.385.